The lowest BCUT2D eigenvalue weighted by Gasteiger charge is -2.00. The summed E-state index contributed by atoms with van der Waals surface area (Å²) in [5.74, 6) is -0.584. The number of aromatic nitrogens is 3. The van der Waals surface area contributed by atoms with E-state index in [2.05, 4.69) is 15.6 Å². The number of hydrogen-bond donors (Lipinski definition) is 3. The largest absolute Gasteiger partial charge is 0.342 e. The number of H-pyrrole nitrogens is 2. The third kappa shape index (κ3) is 4.27. The summed E-state index contributed by atoms with van der Waals surface area (Å²) in [4.78, 5) is 35.7. The van der Waals surface area contributed by atoms with E-state index in [1.165, 1.54) is 6.21 Å². The van der Waals surface area contributed by atoms with Crippen molar-refractivity contribution in [2.24, 2.45) is 5.10 Å². The normalized spacial score (nSPS) is 10.8. The Morgan fingerprint density at radius 3 is 2.86 bits per heavy atom. The Bertz CT molecular complexity index is 843. The predicted molar refractivity (Wildman–Crippen MR) is 81.4 cm³/mol. The molecule has 0 radical (unpaired) electrons. The standard InChI is InChI=1S/C12H9Cl2N5O3/c13-7-1-2-8(14)6(3-7)5-15-18-10(20)4-9-11(21)16-12(22)19-17-9/h1-3,5H,4H2,(H,18,20)(H2,16,19,21,22)/b15-5-. The molecule has 1 aromatic heterocycles. The molecule has 0 saturated heterocycles. The van der Waals surface area contributed by atoms with Crippen LogP contribution in [-0.4, -0.2) is 27.3 Å². The number of amides is 1. The minimum atomic E-state index is -0.747. The molecule has 0 fully saturated rings. The third-order valence-corrected chi connectivity index (χ3v) is 3.04. The highest BCUT2D eigenvalue weighted by atomic mass is 35.5. The number of carbonyl (C=O) groups excluding carboxylic acids is 1. The van der Waals surface area contributed by atoms with Crippen LogP contribution in [0.5, 0.6) is 0 Å². The first-order valence-electron chi connectivity index (χ1n) is 5.90. The highest BCUT2D eigenvalue weighted by Gasteiger charge is 2.08. The summed E-state index contributed by atoms with van der Waals surface area (Å²) in [5, 5.41) is 10.1. The Hall–Kier alpha value is -2.45. The summed E-state index contributed by atoms with van der Waals surface area (Å²) >= 11 is 11.7. The van der Waals surface area contributed by atoms with Gasteiger partial charge in [-0.1, -0.05) is 23.2 Å². The van der Waals surface area contributed by atoms with Gasteiger partial charge in [0.15, 0.2) is 0 Å². The molecule has 8 nitrogen and oxygen atoms in total. The molecule has 0 spiro atoms. The molecule has 1 amide bonds. The monoisotopic (exact) mass is 341 g/mol. The molecular formula is C12H9Cl2N5O3. The zero-order valence-corrected chi connectivity index (χ0v) is 12.4. The lowest BCUT2D eigenvalue weighted by atomic mass is 10.2. The van der Waals surface area contributed by atoms with Crippen molar-refractivity contribution in [2.45, 2.75) is 6.42 Å². The Morgan fingerprint density at radius 2 is 2.14 bits per heavy atom. The van der Waals surface area contributed by atoms with Crippen LogP contribution in [0.3, 0.4) is 0 Å². The topological polar surface area (TPSA) is 120 Å². The van der Waals surface area contributed by atoms with Crippen LogP contribution in [0.1, 0.15) is 11.3 Å². The number of hydrogen-bond acceptors (Lipinski definition) is 5. The van der Waals surface area contributed by atoms with Gasteiger partial charge in [-0.3, -0.25) is 14.6 Å². The minimum Gasteiger partial charge on any atom is -0.273 e. The van der Waals surface area contributed by atoms with E-state index >= 15 is 0 Å². The van der Waals surface area contributed by atoms with Gasteiger partial charge < -0.3 is 0 Å². The zero-order chi connectivity index (χ0) is 16.1. The van der Waals surface area contributed by atoms with Gasteiger partial charge in [-0.25, -0.2) is 15.3 Å². The van der Waals surface area contributed by atoms with Crippen LogP contribution in [0.4, 0.5) is 0 Å². The van der Waals surface area contributed by atoms with E-state index in [0.29, 0.717) is 15.6 Å². The second-order valence-corrected chi connectivity index (χ2v) is 4.93. The Labute approximate surface area is 133 Å². The summed E-state index contributed by atoms with van der Waals surface area (Å²) in [6, 6.07) is 4.79. The molecule has 22 heavy (non-hydrogen) atoms. The van der Waals surface area contributed by atoms with E-state index in [4.69, 9.17) is 23.2 Å². The van der Waals surface area contributed by atoms with Crippen molar-refractivity contribution in [1.82, 2.24) is 20.6 Å². The molecule has 0 atom stereocenters. The lowest BCUT2D eigenvalue weighted by Crippen LogP contribution is -2.31. The van der Waals surface area contributed by atoms with Crippen molar-refractivity contribution in [2.75, 3.05) is 0 Å². The second-order valence-electron chi connectivity index (χ2n) is 4.09. The van der Waals surface area contributed by atoms with Gasteiger partial charge >= 0.3 is 5.69 Å². The van der Waals surface area contributed by atoms with Crippen LogP contribution in [-0.2, 0) is 11.2 Å². The Kier molecular flexibility index (Phi) is 5.08. The maximum atomic E-state index is 11.6. The molecule has 1 heterocycles. The molecule has 10 heteroatoms. The highest BCUT2D eigenvalue weighted by molar-refractivity contribution is 6.35. The van der Waals surface area contributed by atoms with Gasteiger partial charge in [0.2, 0.25) is 5.91 Å². The average molecular weight is 342 g/mol. The number of carbonyl (C=O) groups is 1. The maximum Gasteiger partial charge on any atom is 0.342 e. The van der Waals surface area contributed by atoms with Crippen molar-refractivity contribution in [1.29, 1.82) is 0 Å². The van der Waals surface area contributed by atoms with Crippen LogP contribution in [0.15, 0.2) is 32.9 Å². The van der Waals surface area contributed by atoms with Gasteiger partial charge in [0.05, 0.1) is 12.6 Å². The van der Waals surface area contributed by atoms with Crippen molar-refractivity contribution < 1.29 is 4.79 Å². The fourth-order valence-electron chi connectivity index (χ4n) is 1.47. The molecule has 0 aliphatic carbocycles. The molecule has 0 unspecified atom stereocenters. The quantitative estimate of drug-likeness (QED) is 0.552. The molecule has 0 aliphatic heterocycles. The number of rotatable bonds is 4. The Balaban J connectivity index is 2.00. The Morgan fingerprint density at radius 1 is 1.36 bits per heavy atom. The number of aromatic amines is 2. The molecular weight excluding hydrogens is 333 g/mol. The van der Waals surface area contributed by atoms with Gasteiger partial charge in [0.1, 0.15) is 5.69 Å². The predicted octanol–water partition coefficient (Wildman–Crippen LogP) is 0.458. The highest BCUT2D eigenvalue weighted by Crippen LogP contribution is 2.18. The van der Waals surface area contributed by atoms with Crippen molar-refractivity contribution >= 4 is 35.3 Å². The summed E-state index contributed by atoms with van der Waals surface area (Å²) in [6.45, 7) is 0. The molecule has 0 bridgehead atoms. The number of benzene rings is 1. The number of nitrogens with zero attached hydrogens (tertiary/aromatic N) is 2. The van der Waals surface area contributed by atoms with Gasteiger partial charge in [0, 0.05) is 15.6 Å². The molecule has 114 valence electrons. The van der Waals surface area contributed by atoms with Crippen LogP contribution >= 0.6 is 23.2 Å². The zero-order valence-electron chi connectivity index (χ0n) is 10.9. The maximum absolute atomic E-state index is 11.6. The van der Waals surface area contributed by atoms with Crippen molar-refractivity contribution in [3.63, 3.8) is 0 Å². The van der Waals surface area contributed by atoms with E-state index in [1.807, 2.05) is 10.1 Å². The van der Waals surface area contributed by atoms with Gasteiger partial charge in [0.25, 0.3) is 5.56 Å². The van der Waals surface area contributed by atoms with Gasteiger partial charge in [-0.05, 0) is 18.2 Å². The summed E-state index contributed by atoms with van der Waals surface area (Å²) in [5.41, 5.74) is 1.12. The molecule has 0 aliphatic rings. The lowest BCUT2D eigenvalue weighted by molar-refractivity contribution is -0.120. The molecule has 0 saturated carbocycles. The average Bonchev–Trinajstić information content (AvgIpc) is 2.46. The van der Waals surface area contributed by atoms with Gasteiger partial charge in [-0.15, -0.1) is 0 Å². The van der Waals surface area contributed by atoms with Gasteiger partial charge in [-0.2, -0.15) is 10.2 Å². The van der Waals surface area contributed by atoms with E-state index in [1.54, 1.807) is 18.2 Å². The summed E-state index contributed by atoms with van der Waals surface area (Å²) in [6.07, 6.45) is 0.976. The first-order chi connectivity index (χ1) is 10.5. The fraction of sp³-hybridized carbons (Fsp3) is 0.0833. The van der Waals surface area contributed by atoms with Crippen molar-refractivity contribution in [3.8, 4) is 0 Å². The van der Waals surface area contributed by atoms with E-state index in [0.717, 1.165) is 0 Å². The minimum absolute atomic E-state index is 0.131. The van der Waals surface area contributed by atoms with E-state index in [-0.39, 0.29) is 12.1 Å². The smallest absolute Gasteiger partial charge is 0.273 e. The summed E-state index contributed by atoms with van der Waals surface area (Å²) < 4.78 is 0. The van der Waals surface area contributed by atoms with E-state index < -0.39 is 17.2 Å². The van der Waals surface area contributed by atoms with E-state index in [9.17, 15) is 14.4 Å². The molecule has 1 aromatic carbocycles. The summed E-state index contributed by atoms with van der Waals surface area (Å²) in [7, 11) is 0. The van der Waals surface area contributed by atoms with Crippen LogP contribution < -0.4 is 16.7 Å². The molecule has 3 N–H and O–H groups in total. The SMILES string of the molecule is O=C(Cc1n[nH]c(=O)[nH]c1=O)N/N=C\c1cc(Cl)ccc1Cl. The molecule has 2 aromatic rings. The van der Waals surface area contributed by atoms with Crippen LogP contribution in [0.25, 0.3) is 0 Å². The first-order valence-corrected chi connectivity index (χ1v) is 6.66. The number of hydrazone groups is 1. The third-order valence-electron chi connectivity index (χ3n) is 2.46. The fourth-order valence-corrected chi connectivity index (χ4v) is 1.82. The van der Waals surface area contributed by atoms with Crippen molar-refractivity contribution in [3.05, 3.63) is 60.3 Å². The number of nitrogens with one attached hydrogen (secondary N) is 3. The first kappa shape index (κ1) is 15.9. The van der Waals surface area contributed by atoms with Crippen LogP contribution in [0, 0.1) is 0 Å². The number of halogens is 2. The molecule has 2 rings (SSSR count). The van der Waals surface area contributed by atoms with Crippen LogP contribution in [0.2, 0.25) is 10.0 Å². The second kappa shape index (κ2) is 7.01.